The zero-order valence-corrected chi connectivity index (χ0v) is 20.0. The fourth-order valence-electron chi connectivity index (χ4n) is 5.04. The summed E-state index contributed by atoms with van der Waals surface area (Å²) < 4.78 is 4.92. The molecule has 0 spiro atoms. The number of carbonyl (C=O) groups is 1. The summed E-state index contributed by atoms with van der Waals surface area (Å²) >= 11 is 1.72. The first-order chi connectivity index (χ1) is 16.2. The van der Waals surface area contributed by atoms with Crippen LogP contribution in [0.2, 0.25) is 0 Å². The first-order valence-electron chi connectivity index (χ1n) is 11.9. The first kappa shape index (κ1) is 22.1. The van der Waals surface area contributed by atoms with Crippen LogP contribution in [0.25, 0.3) is 11.1 Å². The molecule has 3 heterocycles. The minimum atomic E-state index is -0.291. The molecule has 1 aliphatic carbocycles. The number of piperidine rings is 1. The van der Waals surface area contributed by atoms with Gasteiger partial charge >= 0.3 is 5.97 Å². The number of methoxy groups -OCH3 is 1. The summed E-state index contributed by atoms with van der Waals surface area (Å²) in [6, 6.07) is 10.3. The molecule has 1 saturated heterocycles. The Morgan fingerprint density at radius 1 is 1.15 bits per heavy atom. The predicted octanol–water partition coefficient (Wildman–Crippen LogP) is 5.38. The van der Waals surface area contributed by atoms with E-state index in [9.17, 15) is 4.79 Å². The topological polar surface area (TPSA) is 54.5 Å². The van der Waals surface area contributed by atoms with Gasteiger partial charge in [-0.15, -0.1) is 0 Å². The quantitative estimate of drug-likeness (QED) is 0.282. The van der Waals surface area contributed by atoms with Crippen molar-refractivity contribution < 1.29 is 9.53 Å². The third kappa shape index (κ3) is 4.97. The Bertz CT molecular complexity index is 1120. The molecule has 172 valence electrons. The van der Waals surface area contributed by atoms with Crippen LogP contribution in [0.1, 0.15) is 58.4 Å². The second kappa shape index (κ2) is 10.1. The molecule has 1 aromatic carbocycles. The van der Waals surface area contributed by atoms with Crippen molar-refractivity contribution in [2.45, 2.75) is 38.5 Å². The summed E-state index contributed by atoms with van der Waals surface area (Å²) in [5.41, 5.74) is 7.80. The summed E-state index contributed by atoms with van der Waals surface area (Å²) in [7, 11) is 1.43. The minimum Gasteiger partial charge on any atom is -0.465 e. The number of esters is 1. The number of carbonyl (C=O) groups excluding carboxylic acids is 1. The van der Waals surface area contributed by atoms with Crippen molar-refractivity contribution in [1.29, 1.82) is 0 Å². The molecule has 0 atom stereocenters. The van der Waals surface area contributed by atoms with Crippen molar-refractivity contribution in [2.24, 2.45) is 0 Å². The van der Waals surface area contributed by atoms with Gasteiger partial charge in [0.25, 0.3) is 0 Å². The van der Waals surface area contributed by atoms with Crippen LogP contribution in [0.15, 0.2) is 41.1 Å². The second-order valence-electron chi connectivity index (χ2n) is 9.03. The third-order valence-corrected chi connectivity index (χ3v) is 7.42. The Kier molecular flexibility index (Phi) is 6.74. The maximum atomic E-state index is 12.0. The van der Waals surface area contributed by atoms with Crippen LogP contribution >= 0.6 is 11.3 Å². The highest BCUT2D eigenvalue weighted by Gasteiger charge is 2.25. The fourth-order valence-corrected chi connectivity index (χ4v) is 5.71. The van der Waals surface area contributed by atoms with Crippen molar-refractivity contribution >= 4 is 23.1 Å². The van der Waals surface area contributed by atoms with Gasteiger partial charge in [0.2, 0.25) is 0 Å². The molecule has 0 unspecified atom stereocenters. The molecule has 2 aliphatic rings. The summed E-state index contributed by atoms with van der Waals surface area (Å²) in [5.74, 6) is 0.682. The van der Waals surface area contributed by atoms with Crippen molar-refractivity contribution in [2.75, 3.05) is 38.6 Å². The van der Waals surface area contributed by atoms with Crippen LogP contribution in [0, 0.1) is 0 Å². The van der Waals surface area contributed by atoms with Crippen LogP contribution in [-0.4, -0.2) is 49.1 Å². The largest absolute Gasteiger partial charge is 0.465 e. The summed E-state index contributed by atoms with van der Waals surface area (Å²) in [6.45, 7) is 4.52. The molecule has 5 rings (SSSR count). The van der Waals surface area contributed by atoms with E-state index in [0.29, 0.717) is 5.56 Å². The molecule has 6 heteroatoms. The second-order valence-corrected chi connectivity index (χ2v) is 9.81. The highest BCUT2D eigenvalue weighted by molar-refractivity contribution is 7.07. The first-order valence-corrected chi connectivity index (χ1v) is 12.9. The van der Waals surface area contributed by atoms with Gasteiger partial charge in [-0.2, -0.15) is 11.3 Å². The van der Waals surface area contributed by atoms with Gasteiger partial charge in [0, 0.05) is 24.2 Å². The standard InChI is InChI=1S/C27H31N3O2S/c1-32-27(31)20-6-7-24-21(15-20)16-22-17-23(14-19-8-13-33-18-19)29-26(25(22)24)28-9-5-12-30-10-3-2-4-11-30/h6-8,13,15,17-18H,2-5,9-12,14,16H2,1H3,(H,28,29). The number of benzene rings is 1. The van der Waals surface area contributed by atoms with E-state index < -0.39 is 0 Å². The molecule has 2 aromatic heterocycles. The van der Waals surface area contributed by atoms with E-state index in [1.54, 1.807) is 11.3 Å². The summed E-state index contributed by atoms with van der Waals surface area (Å²) in [4.78, 5) is 19.7. The number of nitrogens with one attached hydrogen (secondary N) is 1. The average Bonchev–Trinajstić information content (AvgIpc) is 3.48. The summed E-state index contributed by atoms with van der Waals surface area (Å²) in [5, 5.41) is 7.98. The number of likely N-dealkylation sites (tertiary alicyclic amines) is 1. The molecule has 5 nitrogen and oxygen atoms in total. The molecule has 1 fully saturated rings. The minimum absolute atomic E-state index is 0.291. The van der Waals surface area contributed by atoms with Crippen LogP contribution in [0.5, 0.6) is 0 Å². The zero-order valence-electron chi connectivity index (χ0n) is 19.2. The third-order valence-electron chi connectivity index (χ3n) is 6.69. The Morgan fingerprint density at radius 3 is 2.82 bits per heavy atom. The molecule has 3 aromatic rings. The molecule has 0 bridgehead atoms. The van der Waals surface area contributed by atoms with E-state index in [1.807, 2.05) is 18.2 Å². The molecule has 0 saturated carbocycles. The van der Waals surface area contributed by atoms with Crippen LogP contribution < -0.4 is 5.32 Å². The zero-order chi connectivity index (χ0) is 22.6. The Labute approximate surface area is 199 Å². The van der Waals surface area contributed by atoms with Crippen molar-refractivity contribution in [1.82, 2.24) is 9.88 Å². The van der Waals surface area contributed by atoms with Gasteiger partial charge < -0.3 is 15.0 Å². The smallest absolute Gasteiger partial charge is 0.337 e. The highest BCUT2D eigenvalue weighted by atomic mass is 32.1. The van der Waals surface area contributed by atoms with Crippen LogP contribution in [0.4, 0.5) is 5.82 Å². The van der Waals surface area contributed by atoms with Gasteiger partial charge in [-0.05, 0) is 103 Å². The van der Waals surface area contributed by atoms with E-state index >= 15 is 0 Å². The van der Waals surface area contributed by atoms with E-state index in [2.05, 4.69) is 33.1 Å². The maximum absolute atomic E-state index is 12.0. The van der Waals surface area contributed by atoms with Gasteiger partial charge in [-0.3, -0.25) is 0 Å². The molecule has 0 amide bonds. The maximum Gasteiger partial charge on any atom is 0.337 e. The lowest BCUT2D eigenvalue weighted by Gasteiger charge is -2.26. The number of hydrogen-bond donors (Lipinski definition) is 1. The number of fused-ring (bicyclic) bond motifs is 3. The highest BCUT2D eigenvalue weighted by Crippen LogP contribution is 2.41. The number of rotatable bonds is 8. The lowest BCUT2D eigenvalue weighted by Crippen LogP contribution is -2.31. The molecule has 1 N–H and O–H groups in total. The molecule has 0 radical (unpaired) electrons. The Balaban J connectivity index is 1.38. The lowest BCUT2D eigenvalue weighted by molar-refractivity contribution is 0.0600. The van der Waals surface area contributed by atoms with E-state index in [4.69, 9.17) is 9.72 Å². The predicted molar refractivity (Wildman–Crippen MR) is 134 cm³/mol. The van der Waals surface area contributed by atoms with E-state index in [1.165, 1.54) is 67.3 Å². The number of hydrogen-bond acceptors (Lipinski definition) is 6. The van der Waals surface area contributed by atoms with Crippen molar-refractivity contribution in [3.8, 4) is 11.1 Å². The summed E-state index contributed by atoms with van der Waals surface area (Å²) in [6.07, 6.45) is 6.80. The van der Waals surface area contributed by atoms with Gasteiger partial charge in [0.05, 0.1) is 12.7 Å². The molecule has 33 heavy (non-hydrogen) atoms. The monoisotopic (exact) mass is 461 g/mol. The fraction of sp³-hybridized carbons (Fsp3) is 0.407. The average molecular weight is 462 g/mol. The van der Waals surface area contributed by atoms with Gasteiger partial charge in [0.1, 0.15) is 5.82 Å². The number of pyridine rings is 1. The number of thiophene rings is 1. The molecular formula is C27H31N3O2S. The van der Waals surface area contributed by atoms with Gasteiger partial charge in [0.15, 0.2) is 0 Å². The number of anilines is 1. The number of ether oxygens (including phenoxy) is 1. The van der Waals surface area contributed by atoms with E-state index in [0.717, 1.165) is 43.9 Å². The van der Waals surface area contributed by atoms with Crippen LogP contribution in [0.3, 0.4) is 0 Å². The Hall–Kier alpha value is -2.70. The van der Waals surface area contributed by atoms with Gasteiger partial charge in [-0.25, -0.2) is 9.78 Å². The Morgan fingerprint density at radius 2 is 2.03 bits per heavy atom. The van der Waals surface area contributed by atoms with Crippen molar-refractivity contribution in [3.63, 3.8) is 0 Å². The number of aromatic nitrogens is 1. The lowest BCUT2D eigenvalue weighted by atomic mass is 10.0. The number of nitrogens with zero attached hydrogens (tertiary/aromatic N) is 2. The van der Waals surface area contributed by atoms with Crippen LogP contribution in [-0.2, 0) is 17.6 Å². The molecular weight excluding hydrogens is 430 g/mol. The molecule has 1 aliphatic heterocycles. The van der Waals surface area contributed by atoms with E-state index in [-0.39, 0.29) is 5.97 Å². The normalized spacial score (nSPS) is 15.2. The van der Waals surface area contributed by atoms with Gasteiger partial charge in [-0.1, -0.05) is 12.5 Å². The van der Waals surface area contributed by atoms with Crippen molar-refractivity contribution in [3.05, 3.63) is 69.0 Å². The SMILES string of the molecule is COC(=O)c1ccc2c(c1)Cc1cc(Cc3ccsc3)nc(NCCCN3CCCCC3)c1-2.